The smallest absolute Gasteiger partial charge is 0.183 e. The number of hydrogen-bond donors (Lipinski definition) is 1. The number of anilines is 1. The zero-order chi connectivity index (χ0) is 11.4. The van der Waals surface area contributed by atoms with Crippen molar-refractivity contribution in [2.75, 3.05) is 18.6 Å². The van der Waals surface area contributed by atoms with E-state index in [4.69, 9.17) is 0 Å². The molecule has 2 aromatic rings. The van der Waals surface area contributed by atoms with E-state index in [-0.39, 0.29) is 0 Å². The zero-order valence-electron chi connectivity index (χ0n) is 9.23. The zero-order valence-corrected chi connectivity index (χ0v) is 10.9. The van der Waals surface area contributed by atoms with E-state index in [1.165, 1.54) is 10.4 Å². The van der Waals surface area contributed by atoms with Crippen LogP contribution in [0.25, 0.3) is 10.4 Å². The van der Waals surface area contributed by atoms with Crippen molar-refractivity contribution in [3.05, 3.63) is 30.2 Å². The minimum atomic E-state index is 0.940. The Morgan fingerprint density at radius 1 is 1.38 bits per heavy atom. The molecule has 1 N–H and O–H groups in total. The Labute approximate surface area is 103 Å². The van der Waals surface area contributed by atoms with Crippen molar-refractivity contribution in [2.24, 2.45) is 0 Å². The lowest BCUT2D eigenvalue weighted by molar-refractivity contribution is 1.22. The molecule has 2 rings (SSSR count). The molecular weight excluding hydrogens is 238 g/mol. The third-order valence-corrected chi connectivity index (χ3v) is 3.86. The molecule has 0 aromatic carbocycles. The van der Waals surface area contributed by atoms with E-state index in [1.54, 1.807) is 23.1 Å². The molecule has 0 spiro atoms. The molecule has 0 radical (unpaired) electrons. The summed E-state index contributed by atoms with van der Waals surface area (Å²) in [5.41, 5.74) is 2.34. The number of nitrogens with one attached hydrogen (secondary N) is 1. The van der Waals surface area contributed by atoms with Gasteiger partial charge in [0.1, 0.15) is 0 Å². The van der Waals surface area contributed by atoms with E-state index in [1.807, 2.05) is 31.6 Å². The van der Waals surface area contributed by atoms with Crippen LogP contribution in [0, 0.1) is 0 Å². The first-order valence-electron chi connectivity index (χ1n) is 4.92. The number of thioether (sulfide) groups is 1. The molecule has 2 aromatic heterocycles. The largest absolute Gasteiger partial charge is 0.365 e. The van der Waals surface area contributed by atoms with Gasteiger partial charge in [0, 0.05) is 25.2 Å². The summed E-state index contributed by atoms with van der Waals surface area (Å²) in [6.07, 6.45) is 5.72. The quantitative estimate of drug-likeness (QED) is 0.906. The fourth-order valence-corrected chi connectivity index (χ4v) is 2.94. The summed E-state index contributed by atoms with van der Waals surface area (Å²) in [4.78, 5) is 9.83. The molecule has 0 atom stereocenters. The average Bonchev–Trinajstić information content (AvgIpc) is 2.74. The van der Waals surface area contributed by atoms with E-state index < -0.39 is 0 Å². The maximum atomic E-state index is 4.56. The van der Waals surface area contributed by atoms with Crippen LogP contribution in [-0.2, 0) is 5.75 Å². The first-order valence-corrected chi connectivity index (χ1v) is 7.13. The third kappa shape index (κ3) is 2.36. The topological polar surface area (TPSA) is 37.8 Å². The molecule has 16 heavy (non-hydrogen) atoms. The third-order valence-electron chi connectivity index (χ3n) is 2.13. The summed E-state index contributed by atoms with van der Waals surface area (Å²) in [6.45, 7) is 0. The summed E-state index contributed by atoms with van der Waals surface area (Å²) < 4.78 is 0. The number of nitrogens with zero attached hydrogens (tertiary/aromatic N) is 2. The number of rotatable bonds is 4. The van der Waals surface area contributed by atoms with Gasteiger partial charge < -0.3 is 5.32 Å². The van der Waals surface area contributed by atoms with Gasteiger partial charge in [-0.2, -0.15) is 11.8 Å². The molecule has 0 saturated carbocycles. The molecule has 2 heterocycles. The van der Waals surface area contributed by atoms with Gasteiger partial charge in [-0.3, -0.25) is 4.98 Å². The minimum Gasteiger partial charge on any atom is -0.365 e. The molecule has 0 amide bonds. The molecule has 0 unspecified atom stereocenters. The van der Waals surface area contributed by atoms with Gasteiger partial charge >= 0.3 is 0 Å². The van der Waals surface area contributed by atoms with E-state index in [9.17, 15) is 0 Å². The predicted octanol–water partition coefficient (Wildman–Crippen LogP) is 3.11. The number of hydrogen-bond acceptors (Lipinski definition) is 5. The lowest BCUT2D eigenvalue weighted by Gasteiger charge is -1.99. The van der Waals surface area contributed by atoms with Crippen LogP contribution in [0.1, 0.15) is 5.69 Å². The van der Waals surface area contributed by atoms with Crippen molar-refractivity contribution < 1.29 is 0 Å². The summed E-state index contributed by atoms with van der Waals surface area (Å²) in [7, 11) is 1.90. The fourth-order valence-electron chi connectivity index (χ4n) is 1.42. The molecule has 0 aliphatic heterocycles. The highest BCUT2D eigenvalue weighted by Crippen LogP contribution is 2.34. The van der Waals surface area contributed by atoms with Crippen LogP contribution < -0.4 is 5.32 Å². The molecule has 0 aliphatic carbocycles. The Hall–Kier alpha value is -1.07. The van der Waals surface area contributed by atoms with Crippen LogP contribution in [0.2, 0.25) is 0 Å². The predicted molar refractivity (Wildman–Crippen MR) is 72.1 cm³/mol. The van der Waals surface area contributed by atoms with Gasteiger partial charge in [0.25, 0.3) is 0 Å². The van der Waals surface area contributed by atoms with Crippen LogP contribution in [0.4, 0.5) is 5.13 Å². The molecule has 3 nitrogen and oxygen atoms in total. The summed E-state index contributed by atoms with van der Waals surface area (Å²) >= 11 is 3.48. The molecule has 84 valence electrons. The number of thiazole rings is 1. The summed E-state index contributed by atoms with van der Waals surface area (Å²) in [5.74, 6) is 0.940. The Morgan fingerprint density at radius 3 is 2.75 bits per heavy atom. The second kappa shape index (κ2) is 5.32. The lowest BCUT2D eigenvalue weighted by Crippen LogP contribution is -1.88. The van der Waals surface area contributed by atoms with Crippen molar-refractivity contribution in [2.45, 2.75) is 5.75 Å². The normalized spacial score (nSPS) is 10.4. The fraction of sp³-hybridized carbons (Fsp3) is 0.273. The summed E-state index contributed by atoms with van der Waals surface area (Å²) in [6, 6.07) is 4.05. The van der Waals surface area contributed by atoms with Crippen LogP contribution in [0.3, 0.4) is 0 Å². The molecular formula is C11H13N3S2. The average molecular weight is 251 g/mol. The SMILES string of the molecule is CNc1nc(CSC)c(-c2ccncc2)s1. The molecule has 0 fully saturated rings. The van der Waals surface area contributed by atoms with Gasteiger partial charge in [0.05, 0.1) is 10.6 Å². The highest BCUT2D eigenvalue weighted by Gasteiger charge is 2.11. The Morgan fingerprint density at radius 2 is 2.12 bits per heavy atom. The van der Waals surface area contributed by atoms with Gasteiger partial charge in [0.2, 0.25) is 0 Å². The second-order valence-corrected chi connectivity index (χ2v) is 5.08. The first-order chi connectivity index (χ1) is 7.85. The van der Waals surface area contributed by atoms with Crippen LogP contribution in [0.5, 0.6) is 0 Å². The molecule has 5 heteroatoms. The van der Waals surface area contributed by atoms with E-state index in [0.29, 0.717) is 0 Å². The standard InChI is InChI=1S/C11H13N3S2/c1-12-11-14-9(7-15-2)10(16-11)8-3-5-13-6-4-8/h3-6H,7H2,1-2H3,(H,12,14). The second-order valence-electron chi connectivity index (χ2n) is 3.21. The van der Waals surface area contributed by atoms with Gasteiger partial charge in [-0.15, -0.1) is 0 Å². The Balaban J connectivity index is 2.42. The van der Waals surface area contributed by atoms with Gasteiger partial charge in [0.15, 0.2) is 5.13 Å². The van der Waals surface area contributed by atoms with Crippen molar-refractivity contribution in [3.63, 3.8) is 0 Å². The monoisotopic (exact) mass is 251 g/mol. The van der Waals surface area contributed by atoms with E-state index in [0.717, 1.165) is 16.6 Å². The van der Waals surface area contributed by atoms with Crippen molar-refractivity contribution in [1.29, 1.82) is 0 Å². The highest BCUT2D eigenvalue weighted by molar-refractivity contribution is 7.97. The van der Waals surface area contributed by atoms with Gasteiger partial charge in [-0.05, 0) is 24.0 Å². The molecule has 0 bridgehead atoms. The van der Waals surface area contributed by atoms with Crippen molar-refractivity contribution in [1.82, 2.24) is 9.97 Å². The van der Waals surface area contributed by atoms with Crippen molar-refractivity contribution in [3.8, 4) is 10.4 Å². The maximum absolute atomic E-state index is 4.56. The van der Waals surface area contributed by atoms with Crippen LogP contribution >= 0.6 is 23.1 Å². The Bertz CT molecular complexity index is 454. The van der Waals surface area contributed by atoms with Crippen LogP contribution in [-0.4, -0.2) is 23.3 Å². The Kier molecular flexibility index (Phi) is 3.79. The van der Waals surface area contributed by atoms with Gasteiger partial charge in [-0.1, -0.05) is 11.3 Å². The van der Waals surface area contributed by atoms with Crippen LogP contribution in [0.15, 0.2) is 24.5 Å². The highest BCUT2D eigenvalue weighted by atomic mass is 32.2. The molecule has 0 aliphatic rings. The number of pyridine rings is 1. The van der Waals surface area contributed by atoms with E-state index in [2.05, 4.69) is 21.5 Å². The van der Waals surface area contributed by atoms with Gasteiger partial charge in [-0.25, -0.2) is 4.98 Å². The minimum absolute atomic E-state index is 0.940. The maximum Gasteiger partial charge on any atom is 0.183 e. The van der Waals surface area contributed by atoms with E-state index >= 15 is 0 Å². The van der Waals surface area contributed by atoms with Crippen molar-refractivity contribution >= 4 is 28.2 Å². The first kappa shape index (κ1) is 11.4. The number of aromatic nitrogens is 2. The summed E-state index contributed by atoms with van der Waals surface area (Å²) in [5, 5.41) is 4.07. The lowest BCUT2D eigenvalue weighted by atomic mass is 10.2. The molecule has 0 saturated heterocycles.